The molecule has 0 heterocycles. The summed E-state index contributed by atoms with van der Waals surface area (Å²) >= 11 is 0. The largest absolute Gasteiger partial charge is 0.633 e. The molecule has 0 bridgehead atoms. The molecule has 0 spiro atoms. The van der Waals surface area contributed by atoms with Crippen LogP contribution >= 0.6 is 0 Å². The van der Waals surface area contributed by atoms with Crippen LogP contribution in [-0.4, -0.2) is 65.2 Å². The van der Waals surface area contributed by atoms with Gasteiger partial charge in [0.2, 0.25) is 0 Å². The molecule has 0 aromatic heterocycles. The lowest BCUT2D eigenvalue weighted by Crippen LogP contribution is -2.21. The number of aliphatic hydroxyl groups excluding tert-OH is 3. The summed E-state index contributed by atoms with van der Waals surface area (Å²) in [6.07, 6.45) is -0.954. The summed E-state index contributed by atoms with van der Waals surface area (Å²) in [5, 5.41) is 39.9. The molecule has 0 saturated heterocycles. The molecule has 0 atom stereocenters. The molecule has 0 rings (SSSR count). The van der Waals surface area contributed by atoms with Gasteiger partial charge in [-0.1, -0.05) is 0 Å². The van der Waals surface area contributed by atoms with Crippen LogP contribution in [0.3, 0.4) is 0 Å². The second-order valence-corrected chi connectivity index (χ2v) is 2.00. The van der Waals surface area contributed by atoms with Gasteiger partial charge in [-0.2, -0.15) is 0 Å². The normalized spacial score (nSPS) is 9.46. The van der Waals surface area contributed by atoms with Gasteiger partial charge < -0.3 is 35.8 Å². The zero-order chi connectivity index (χ0) is 10.7. The van der Waals surface area contributed by atoms with E-state index in [1.54, 1.807) is 0 Å². The van der Waals surface area contributed by atoms with Crippen molar-refractivity contribution in [3.05, 3.63) is 0 Å². The third-order valence-corrected chi connectivity index (χ3v) is 0.806. The molecule has 0 aliphatic carbocycles. The molecular weight excluding hydrogens is 181 g/mol. The van der Waals surface area contributed by atoms with Crippen molar-refractivity contribution < 1.29 is 30.0 Å². The smallest absolute Gasteiger partial charge is 0.402 e. The zero-order valence-corrected chi connectivity index (χ0v) is 7.20. The standard InChI is InChI=1S/C3H8O3.C2H8BNO3/c4-1-3(6)2-5;4-1-2-7-3(5)6/h3-6H,1-2H2;5-6H,1-2,4H2. The molecule has 0 fully saturated rings. The molecular formula is C5H16BNO6. The Balaban J connectivity index is 0. The Bertz CT molecular complexity index is 91.1. The van der Waals surface area contributed by atoms with Gasteiger partial charge in [-0.05, 0) is 0 Å². The van der Waals surface area contributed by atoms with E-state index >= 15 is 0 Å². The average molecular weight is 197 g/mol. The number of aliphatic hydroxyl groups is 3. The van der Waals surface area contributed by atoms with E-state index in [2.05, 4.69) is 4.65 Å². The Morgan fingerprint density at radius 1 is 1.23 bits per heavy atom. The van der Waals surface area contributed by atoms with Crippen molar-refractivity contribution in [3.63, 3.8) is 0 Å². The van der Waals surface area contributed by atoms with Crippen molar-refractivity contribution in [1.82, 2.24) is 0 Å². The molecule has 0 unspecified atom stereocenters. The van der Waals surface area contributed by atoms with Gasteiger partial charge in [0, 0.05) is 13.2 Å². The molecule has 7 nitrogen and oxygen atoms in total. The zero-order valence-electron chi connectivity index (χ0n) is 7.20. The summed E-state index contributed by atoms with van der Waals surface area (Å²) in [7, 11) is -1.68. The first-order valence-electron chi connectivity index (χ1n) is 3.66. The summed E-state index contributed by atoms with van der Waals surface area (Å²) < 4.78 is 4.18. The Kier molecular flexibility index (Phi) is 13.8. The van der Waals surface area contributed by atoms with Gasteiger partial charge >= 0.3 is 7.32 Å². The van der Waals surface area contributed by atoms with E-state index in [1.165, 1.54) is 0 Å². The molecule has 0 aliphatic heterocycles. The van der Waals surface area contributed by atoms with Crippen LogP contribution in [0.5, 0.6) is 0 Å². The Morgan fingerprint density at radius 2 is 1.69 bits per heavy atom. The summed E-state index contributed by atoms with van der Waals surface area (Å²) in [6.45, 7) is -0.248. The van der Waals surface area contributed by atoms with E-state index in [-0.39, 0.29) is 19.8 Å². The highest BCUT2D eigenvalue weighted by Crippen LogP contribution is 1.71. The predicted molar refractivity (Wildman–Crippen MR) is 45.4 cm³/mol. The average Bonchev–Trinajstić information content (AvgIpc) is 2.14. The lowest BCUT2D eigenvalue weighted by molar-refractivity contribution is 0.0450. The Hall–Kier alpha value is -0.215. The fraction of sp³-hybridized carbons (Fsp3) is 1.00. The van der Waals surface area contributed by atoms with Crippen LogP contribution in [0.4, 0.5) is 0 Å². The molecule has 13 heavy (non-hydrogen) atoms. The molecule has 0 amide bonds. The summed E-state index contributed by atoms with van der Waals surface area (Å²) in [6, 6.07) is 0. The highest BCUT2D eigenvalue weighted by Gasteiger charge is 2.04. The third-order valence-electron chi connectivity index (χ3n) is 0.806. The van der Waals surface area contributed by atoms with Crippen molar-refractivity contribution >= 4 is 7.32 Å². The number of hydrogen-bond acceptors (Lipinski definition) is 7. The van der Waals surface area contributed by atoms with Crippen molar-refractivity contribution in [1.29, 1.82) is 0 Å². The number of hydrogen-bond donors (Lipinski definition) is 6. The topological polar surface area (TPSA) is 136 Å². The first-order chi connectivity index (χ1) is 6.08. The highest BCUT2D eigenvalue weighted by molar-refractivity contribution is 6.32. The van der Waals surface area contributed by atoms with E-state index in [1.807, 2.05) is 0 Å². The minimum absolute atomic E-state index is 0.178. The van der Waals surface area contributed by atoms with Crippen LogP contribution in [0.25, 0.3) is 0 Å². The van der Waals surface area contributed by atoms with Crippen LogP contribution in [0.1, 0.15) is 0 Å². The van der Waals surface area contributed by atoms with E-state index in [9.17, 15) is 0 Å². The molecule has 7 N–H and O–H groups in total. The number of nitrogens with two attached hydrogens (primary N) is 1. The molecule has 0 radical (unpaired) electrons. The van der Waals surface area contributed by atoms with Gasteiger partial charge in [-0.25, -0.2) is 0 Å². The van der Waals surface area contributed by atoms with Gasteiger partial charge in [0.05, 0.1) is 13.2 Å². The van der Waals surface area contributed by atoms with Crippen LogP contribution in [0.15, 0.2) is 0 Å². The van der Waals surface area contributed by atoms with Gasteiger partial charge in [-0.3, -0.25) is 0 Å². The minimum atomic E-state index is -1.68. The number of rotatable bonds is 5. The Labute approximate surface area is 76.6 Å². The van der Waals surface area contributed by atoms with Gasteiger partial charge in [-0.15, -0.1) is 0 Å². The lowest BCUT2D eigenvalue weighted by Gasteiger charge is -1.96. The first kappa shape index (κ1) is 15.3. The van der Waals surface area contributed by atoms with Crippen molar-refractivity contribution in [2.24, 2.45) is 5.73 Å². The van der Waals surface area contributed by atoms with E-state index < -0.39 is 13.4 Å². The fourth-order valence-corrected chi connectivity index (χ4v) is 0.231. The summed E-state index contributed by atoms with van der Waals surface area (Å²) in [5.74, 6) is 0. The third kappa shape index (κ3) is 18.6. The second-order valence-electron chi connectivity index (χ2n) is 2.00. The van der Waals surface area contributed by atoms with Crippen LogP contribution < -0.4 is 5.73 Å². The van der Waals surface area contributed by atoms with Crippen LogP contribution in [-0.2, 0) is 4.65 Å². The first-order valence-corrected chi connectivity index (χ1v) is 3.66. The van der Waals surface area contributed by atoms with E-state index in [0.717, 1.165) is 0 Å². The van der Waals surface area contributed by atoms with Crippen LogP contribution in [0, 0.1) is 0 Å². The molecule has 80 valence electrons. The lowest BCUT2D eigenvalue weighted by atomic mass is 10.3. The quantitative estimate of drug-likeness (QED) is 0.249. The Morgan fingerprint density at radius 3 is 1.77 bits per heavy atom. The molecule has 0 saturated carbocycles. The highest BCUT2D eigenvalue weighted by atomic mass is 16.6. The second kappa shape index (κ2) is 11.8. The maximum atomic E-state index is 8.17. The maximum Gasteiger partial charge on any atom is 0.633 e. The van der Waals surface area contributed by atoms with Crippen LogP contribution in [0.2, 0.25) is 0 Å². The maximum absolute atomic E-state index is 8.17. The van der Waals surface area contributed by atoms with Crippen molar-refractivity contribution in [2.75, 3.05) is 26.4 Å². The summed E-state index contributed by atoms with van der Waals surface area (Å²) in [5.41, 5.74) is 4.93. The monoisotopic (exact) mass is 197 g/mol. The summed E-state index contributed by atoms with van der Waals surface area (Å²) in [4.78, 5) is 0. The predicted octanol–water partition coefficient (Wildman–Crippen LogP) is -3.74. The van der Waals surface area contributed by atoms with Gasteiger partial charge in [0.1, 0.15) is 6.10 Å². The van der Waals surface area contributed by atoms with E-state index in [0.29, 0.717) is 6.54 Å². The fourth-order valence-electron chi connectivity index (χ4n) is 0.231. The molecule has 0 aliphatic rings. The van der Waals surface area contributed by atoms with E-state index in [4.69, 9.17) is 31.1 Å². The molecule has 8 heteroatoms. The van der Waals surface area contributed by atoms with Crippen molar-refractivity contribution in [2.45, 2.75) is 6.10 Å². The van der Waals surface area contributed by atoms with Crippen molar-refractivity contribution in [3.8, 4) is 0 Å². The minimum Gasteiger partial charge on any atom is -0.402 e. The molecule has 0 aromatic carbocycles. The molecule has 0 aromatic rings. The SMILES string of the molecule is NCCOB(O)O.OCC(O)CO. The van der Waals surface area contributed by atoms with Gasteiger partial charge in [0.15, 0.2) is 0 Å². The van der Waals surface area contributed by atoms with Gasteiger partial charge in [0.25, 0.3) is 0 Å².